The van der Waals surface area contributed by atoms with Gasteiger partial charge in [0.1, 0.15) is 12.4 Å². The predicted octanol–water partition coefficient (Wildman–Crippen LogP) is 32.5. The molecule has 4 amide bonds. The number of ether oxygens (including phenoxy) is 3. The minimum Gasteiger partial charge on any atom is -0.513 e. The highest BCUT2D eigenvalue weighted by molar-refractivity contribution is 5.91. The van der Waals surface area contributed by atoms with Gasteiger partial charge in [-0.25, -0.2) is 0 Å². The van der Waals surface area contributed by atoms with E-state index in [0.29, 0.717) is 98.1 Å². The van der Waals surface area contributed by atoms with E-state index in [1.54, 1.807) is 31.5 Å². The summed E-state index contributed by atoms with van der Waals surface area (Å²) in [5.74, 6) is 10.9. The van der Waals surface area contributed by atoms with Gasteiger partial charge in [0.05, 0.1) is 44.6 Å². The summed E-state index contributed by atoms with van der Waals surface area (Å²) in [5, 5.41) is 36.6. The van der Waals surface area contributed by atoms with Crippen LogP contribution in [0.2, 0.25) is 0 Å². The van der Waals surface area contributed by atoms with Gasteiger partial charge in [-0.3, -0.25) is 29.0 Å². The van der Waals surface area contributed by atoms with Crippen molar-refractivity contribution in [2.45, 2.75) is 444 Å². The molecule has 4 aliphatic heterocycles. The van der Waals surface area contributed by atoms with Crippen LogP contribution in [0.5, 0.6) is 0 Å². The number of carbonyl (C=O) groups excluding carboxylic acids is 5. The standard InChI is InChI=1S/C11H15NO.2C11H21N.C10H14N2O.C10H19NO.C10H23NO.C10H21N.C10H20O2.C8H17NO.C8H18.C7H15NO2.C7H14O.C7H16.C6H12O.2CH4/c1-9(2)8-11(13)12-10-6-4-3-5-7-10;2*1-10(2)9-11(3)12-7-5-4-6-8-12;1-8(2)7-10(13)12-9-3-5-11-6-4-9;1-9(2)8-10(3)11-4-6-12-7-5-11;1-4-6-11(8-9-12)7-5-10(2)3;1-10(2)6-9-11-7-4-3-5-8-11;1-5-11-6-7-12-10(4)8-9(2)3;1-7(2)5-4-6-9-8(3)10;1-6-8(4,5)7(2)3;1-6(2)5-7(10)8-3-4-9;1-4-7(8)5-6(2)3;1-4-5-6-7(2)3;1-5(2)4-6(3)7;;/h3-7,9H,8H2,1-2H3,(H,12,13);2*10H,3-9H2,1-2H3;3-6,8H,7H2,1-2H3,(H,11,12,13);9H,3-8H2,1-2H3;10,12H,4-9H2,1-3H3;10H,3-9H2,1-2H3;9H,4-8H2,1-3H3;7H,4-6H2,1-3H3,(H,9,10);7H,6H2,1-5H3;6,9H,3-5H2,1-2H3,(H,8,10);6H,4-5H2,1-3H3;7H,4-6H2,1-3H3;5,7H,3-4H2,1-2H3;2*1H4. The zero-order valence-electron chi connectivity index (χ0n) is 103. The van der Waals surface area contributed by atoms with Gasteiger partial charge in [0, 0.05) is 158 Å². The number of unbranched alkanes of at least 4 members (excludes halogenated alkanes) is 1. The molecule has 5 heterocycles. The Bertz CT molecular complexity index is 3160. The Kier molecular flexibility index (Phi) is 121. The van der Waals surface area contributed by atoms with Crippen molar-refractivity contribution in [1.29, 1.82) is 0 Å². The normalized spacial score (nSPS) is 13.0. The Balaban J connectivity index is -0.000000175. The lowest BCUT2D eigenvalue weighted by Gasteiger charge is -2.31. The van der Waals surface area contributed by atoms with Gasteiger partial charge in [-0.2, -0.15) is 0 Å². The molecule has 0 bridgehead atoms. The average molecular weight is 2110 g/mol. The molecule has 21 nitrogen and oxygen atoms in total. The van der Waals surface area contributed by atoms with Gasteiger partial charge in [-0.15, -0.1) is 0 Å². The molecule has 7 N–H and O–H groups in total. The first-order valence-corrected chi connectivity index (χ1v) is 58.3. The van der Waals surface area contributed by atoms with E-state index in [4.69, 9.17) is 29.5 Å². The van der Waals surface area contributed by atoms with Crippen LogP contribution in [-0.4, -0.2) is 212 Å². The summed E-state index contributed by atoms with van der Waals surface area (Å²) in [4.78, 5) is 70.5. The van der Waals surface area contributed by atoms with E-state index < -0.39 is 0 Å². The number of nitrogens with zero attached hydrogens (tertiary/aromatic N) is 6. The number of ketones is 1. The minimum atomic E-state index is 0. The number of rotatable bonds is 50. The number of nitrogens with one attached hydrogen (secondary N) is 4. The van der Waals surface area contributed by atoms with Gasteiger partial charge < -0.3 is 75.3 Å². The van der Waals surface area contributed by atoms with Crippen molar-refractivity contribution >= 4 is 40.8 Å². The van der Waals surface area contributed by atoms with Crippen molar-refractivity contribution in [1.82, 2.24) is 40.1 Å². The van der Waals surface area contributed by atoms with Crippen LogP contribution in [0.25, 0.3) is 0 Å². The molecule has 0 aliphatic carbocycles. The molecule has 0 radical (unpaired) electrons. The maximum atomic E-state index is 11.3. The second-order valence-corrected chi connectivity index (χ2v) is 46.5. The van der Waals surface area contributed by atoms with Gasteiger partial charge in [0.25, 0.3) is 0 Å². The van der Waals surface area contributed by atoms with Crippen molar-refractivity contribution in [3.05, 3.63) is 116 Å². The smallest absolute Gasteiger partial charge is 0.224 e. The van der Waals surface area contributed by atoms with Crippen molar-refractivity contribution in [3.63, 3.8) is 0 Å². The highest BCUT2D eigenvalue weighted by Crippen LogP contribution is 2.29. The van der Waals surface area contributed by atoms with Crippen molar-refractivity contribution in [2.75, 3.05) is 149 Å². The van der Waals surface area contributed by atoms with Crippen LogP contribution < -0.4 is 21.3 Å². The van der Waals surface area contributed by atoms with E-state index in [1.165, 1.54) is 185 Å². The number of hydrogen-bond acceptors (Lipinski definition) is 17. The Morgan fingerprint density at radius 3 is 1.13 bits per heavy atom. The van der Waals surface area contributed by atoms with Gasteiger partial charge in [0.2, 0.25) is 23.6 Å². The van der Waals surface area contributed by atoms with Crippen LogP contribution in [0.1, 0.15) is 444 Å². The zero-order chi connectivity index (χ0) is 114. The second-order valence-electron chi connectivity index (χ2n) is 46.5. The van der Waals surface area contributed by atoms with Crippen LogP contribution >= 0.6 is 0 Å². The number of morpholine rings is 1. The molecule has 6 rings (SSSR count). The average Bonchev–Trinajstić information content (AvgIpc) is 0.704. The van der Waals surface area contributed by atoms with E-state index >= 15 is 0 Å². The first kappa shape index (κ1) is 162. The van der Waals surface area contributed by atoms with Gasteiger partial charge in [0.15, 0.2) is 0 Å². The monoisotopic (exact) mass is 2110 g/mol. The first-order valence-electron chi connectivity index (χ1n) is 58.3. The van der Waals surface area contributed by atoms with Crippen molar-refractivity contribution in [3.8, 4) is 0 Å². The van der Waals surface area contributed by atoms with E-state index in [2.05, 4.69) is 257 Å². The molecule has 882 valence electrons. The van der Waals surface area contributed by atoms with E-state index in [9.17, 15) is 24.0 Å². The molecular weight excluding hydrogens is 1850 g/mol. The number of anilines is 2. The predicted molar refractivity (Wildman–Crippen MR) is 655 cm³/mol. The Labute approximate surface area is 926 Å². The van der Waals surface area contributed by atoms with Crippen LogP contribution in [-0.2, 0) is 38.2 Å². The number of aliphatic hydroxyl groups is 3. The fraction of sp³-hybridized carbons (Fsp3) is 0.797. The molecule has 4 fully saturated rings. The van der Waals surface area contributed by atoms with Gasteiger partial charge in [-0.05, 0) is 255 Å². The van der Waals surface area contributed by atoms with E-state index in [0.717, 1.165) is 150 Å². The Morgan fingerprint density at radius 1 is 0.423 bits per heavy atom. The molecule has 4 saturated heterocycles. The maximum absolute atomic E-state index is 11.3. The number of pyridine rings is 1. The molecule has 1 aromatic carbocycles. The number of carbonyl (C=O) groups is 5. The lowest BCUT2D eigenvalue weighted by molar-refractivity contribution is -0.122. The number of likely N-dealkylation sites (tertiary alicyclic amines) is 3. The number of benzene rings is 1. The molecule has 1 aromatic heterocycles. The van der Waals surface area contributed by atoms with Crippen LogP contribution in [0.15, 0.2) is 116 Å². The zero-order valence-corrected chi connectivity index (χ0v) is 103. The highest BCUT2D eigenvalue weighted by atomic mass is 16.5. The molecule has 2 aromatic rings. The Hall–Kier alpha value is -6.62. The molecule has 21 heteroatoms. The summed E-state index contributed by atoms with van der Waals surface area (Å²) in [6.45, 7) is 116. The molecule has 0 unspecified atom stereocenters. The summed E-state index contributed by atoms with van der Waals surface area (Å²) in [6, 6.07) is 13.1. The number of piperidine rings is 3. The molecule has 149 heavy (non-hydrogen) atoms. The second kappa shape index (κ2) is 111. The summed E-state index contributed by atoms with van der Waals surface area (Å²) in [5.41, 5.74) is 6.19. The third-order valence-electron chi connectivity index (χ3n) is 23.7. The van der Waals surface area contributed by atoms with Crippen LogP contribution in [0.4, 0.5) is 11.4 Å². The maximum Gasteiger partial charge on any atom is 0.224 e. The lowest BCUT2D eigenvalue weighted by atomic mass is 9.79. The number of amides is 4. The first-order chi connectivity index (χ1) is 69.0. The third kappa shape index (κ3) is 130. The largest absolute Gasteiger partial charge is 0.513 e. The van der Waals surface area contributed by atoms with Crippen LogP contribution in [0, 0.1) is 88.3 Å². The molecular formula is C128H254N10O11. The lowest BCUT2D eigenvalue weighted by Crippen LogP contribution is -2.35. The number of allylic oxidation sites excluding steroid dienone is 5. The number of hydrogen-bond donors (Lipinski definition) is 7. The number of aliphatic hydroxyl groups excluding tert-OH is 3. The van der Waals surface area contributed by atoms with E-state index in [1.807, 2.05) is 99.6 Å². The summed E-state index contributed by atoms with van der Waals surface area (Å²) >= 11 is 0. The molecule has 0 saturated carbocycles. The topological polar surface area (TPSA) is 251 Å². The quantitative estimate of drug-likeness (QED) is 0.0240. The number of para-hydroxylation sites is 1. The van der Waals surface area contributed by atoms with Gasteiger partial charge >= 0.3 is 0 Å². The highest BCUT2D eigenvalue weighted by Gasteiger charge is 2.20. The number of aromatic nitrogens is 1. The summed E-state index contributed by atoms with van der Waals surface area (Å²) < 4.78 is 15.7. The summed E-state index contributed by atoms with van der Waals surface area (Å²) in [7, 11) is 0. The van der Waals surface area contributed by atoms with Crippen molar-refractivity contribution in [2.24, 2.45) is 88.3 Å². The van der Waals surface area contributed by atoms with E-state index in [-0.39, 0.29) is 57.5 Å². The minimum absolute atomic E-state index is 0. The fourth-order valence-electron chi connectivity index (χ4n) is 14.5. The van der Waals surface area contributed by atoms with Gasteiger partial charge in [-0.1, -0.05) is 333 Å². The van der Waals surface area contributed by atoms with Crippen molar-refractivity contribution < 1.29 is 53.5 Å². The van der Waals surface area contributed by atoms with Crippen LogP contribution in [0.3, 0.4) is 0 Å². The Morgan fingerprint density at radius 2 is 0.812 bits per heavy atom. The number of Topliss-reactive ketones (excluding diaryl/α,β-unsaturated/α-hetero) is 1. The summed E-state index contributed by atoms with van der Waals surface area (Å²) in [6.07, 6.45) is 35.6. The molecule has 0 atom stereocenters. The fourth-order valence-corrected chi connectivity index (χ4v) is 14.5. The molecule has 4 aliphatic rings. The third-order valence-corrected chi connectivity index (χ3v) is 23.7. The molecule has 0 spiro atoms. The SMILES string of the molecule is C.C.C=C(CC(C)C)N1CCCCC1.C=C(CC(C)C)N1CCCCC1.C=C(CC(C)C)N1CCOCC1.C=C(CC(C)C)OCCOCC.C=C(O)CC(C)C.CC(=O)NCCCC(C)C.CC(C)CC(=O)NCCO.CC(C)CC(=O)Nc1ccccc1.CC(C)CC(=O)Nc1ccncc1.CC(C)CCN1CCCCC1.CCC(=O)CC(C)C.CCC(C)(C)C(C)C.CCCCC(C)C.CCCN(CCO)CCC(C)C.